The van der Waals surface area contributed by atoms with Crippen LogP contribution in [0.5, 0.6) is 11.5 Å². The quantitative estimate of drug-likeness (QED) is 0.120. The third-order valence-corrected chi connectivity index (χ3v) is 8.30. The number of rotatable bonds is 9. The molecule has 0 aliphatic carbocycles. The molecule has 0 saturated carbocycles. The van der Waals surface area contributed by atoms with Crippen LogP contribution in [0, 0.1) is 0 Å². The summed E-state index contributed by atoms with van der Waals surface area (Å²) < 4.78 is 5.24. The van der Waals surface area contributed by atoms with Crippen molar-refractivity contribution in [1.29, 1.82) is 0 Å². The van der Waals surface area contributed by atoms with Gasteiger partial charge in [0.2, 0.25) is 23.6 Å². The number of carboxylic acids is 2. The molecule has 10 N–H and O–H groups in total. The number of nitrogens with two attached hydrogens (primary N) is 1. The van der Waals surface area contributed by atoms with Gasteiger partial charge in [0.05, 0.1) is 17.7 Å². The first-order valence-corrected chi connectivity index (χ1v) is 15.2. The number of carboxylic acid groups (broad SMARTS) is 2. The fraction of sp³-hybridized carbons (Fsp3) is 0.519. The molecule has 1 fully saturated rings. The number of carbonyl (C=O) groups excluding carboxylic acids is 5. The minimum Gasteiger partial charge on any atom is -0.508 e. The highest BCUT2D eigenvalue weighted by molar-refractivity contribution is 7.98. The van der Waals surface area contributed by atoms with Gasteiger partial charge in [-0.2, -0.15) is 11.8 Å². The van der Waals surface area contributed by atoms with Crippen molar-refractivity contribution in [2.75, 3.05) is 18.9 Å². The third kappa shape index (κ3) is 8.98. The van der Waals surface area contributed by atoms with E-state index in [1.165, 1.54) is 6.92 Å². The van der Waals surface area contributed by atoms with Crippen molar-refractivity contribution in [3.63, 3.8) is 0 Å². The van der Waals surface area contributed by atoms with Crippen LogP contribution in [0.3, 0.4) is 0 Å². The first-order chi connectivity index (χ1) is 21.6. The van der Waals surface area contributed by atoms with Crippen molar-refractivity contribution in [1.82, 2.24) is 20.9 Å². The van der Waals surface area contributed by atoms with Crippen molar-refractivity contribution in [2.24, 2.45) is 5.73 Å². The summed E-state index contributed by atoms with van der Waals surface area (Å²) in [5.74, 6) is -8.69. The maximum absolute atomic E-state index is 13.4. The minimum atomic E-state index is -1.73. The monoisotopic (exact) mass is 669 g/mol. The Bertz CT molecular complexity index is 1390. The van der Waals surface area contributed by atoms with Gasteiger partial charge in [-0.1, -0.05) is 0 Å². The molecule has 6 atom stereocenters. The number of hydrogen-bond donors (Lipinski definition) is 9. The average molecular weight is 670 g/mol. The number of benzene rings is 1. The zero-order valence-corrected chi connectivity index (χ0v) is 25.3. The van der Waals surface area contributed by atoms with Gasteiger partial charge < -0.3 is 56.9 Å². The molecule has 3 rings (SSSR count). The lowest BCUT2D eigenvalue weighted by atomic mass is 10.1. The Labute approximate surface area is 265 Å². The summed E-state index contributed by atoms with van der Waals surface area (Å²) in [7, 11) is 0. The summed E-state index contributed by atoms with van der Waals surface area (Å²) in [5.41, 5.74) is 5.59. The first kappa shape index (κ1) is 35.9. The molecule has 252 valence electrons. The Morgan fingerprint density at radius 1 is 1.15 bits per heavy atom. The van der Waals surface area contributed by atoms with E-state index < -0.39 is 102 Å². The van der Waals surface area contributed by atoms with Gasteiger partial charge in [-0.15, -0.1) is 0 Å². The lowest BCUT2D eigenvalue weighted by molar-refractivity contribution is -0.143. The molecule has 46 heavy (non-hydrogen) atoms. The molecule has 2 aliphatic heterocycles. The Kier molecular flexibility index (Phi) is 12.2. The number of aromatic hydroxyl groups is 2. The SMILES string of the molecule is C[C@H](NC(=O)[C@@H]1CSCc2c(O)cc(O)cc2C(=O)OC[C@@H](NC(=O)[C@@H]2[C@@H](O)CCN2C(=O)[C@@H](N)CCC(=O)O)C(=O)N1)C(=O)O. The lowest BCUT2D eigenvalue weighted by Gasteiger charge is -2.30. The second-order valence-corrected chi connectivity index (χ2v) is 11.7. The molecule has 1 aromatic rings. The number of likely N-dealkylation sites (tertiary alicyclic amines) is 1. The summed E-state index contributed by atoms with van der Waals surface area (Å²) in [4.78, 5) is 88.9. The van der Waals surface area contributed by atoms with Crippen LogP contribution in [0.25, 0.3) is 0 Å². The number of nitrogens with zero attached hydrogens (tertiary/aromatic N) is 1. The molecular weight excluding hydrogens is 634 g/mol. The second-order valence-electron chi connectivity index (χ2n) is 10.7. The van der Waals surface area contributed by atoms with E-state index in [-0.39, 0.29) is 42.0 Å². The molecule has 2 heterocycles. The van der Waals surface area contributed by atoms with Crippen LogP contribution in [0.1, 0.15) is 42.1 Å². The van der Waals surface area contributed by atoms with Crippen molar-refractivity contribution >= 4 is 53.3 Å². The van der Waals surface area contributed by atoms with Crippen LogP contribution in [-0.4, -0.2) is 127 Å². The lowest BCUT2D eigenvalue weighted by Crippen LogP contribution is -2.60. The number of carbonyl (C=O) groups is 7. The van der Waals surface area contributed by atoms with Gasteiger partial charge in [-0.05, 0) is 25.8 Å². The number of fused-ring (bicyclic) bond motifs is 1. The predicted octanol–water partition coefficient (Wildman–Crippen LogP) is -2.79. The number of aliphatic carboxylic acids is 2. The van der Waals surface area contributed by atoms with Gasteiger partial charge in [0.15, 0.2) is 0 Å². The average Bonchev–Trinajstić information content (AvgIpc) is 3.37. The number of phenols is 2. The van der Waals surface area contributed by atoms with Crippen LogP contribution >= 0.6 is 11.8 Å². The molecule has 0 spiro atoms. The number of ether oxygens (including phenoxy) is 1. The maximum Gasteiger partial charge on any atom is 0.338 e. The molecule has 19 heteroatoms. The zero-order chi connectivity index (χ0) is 34.3. The van der Waals surface area contributed by atoms with E-state index >= 15 is 0 Å². The van der Waals surface area contributed by atoms with Crippen LogP contribution in [-0.2, 0) is 39.3 Å². The van der Waals surface area contributed by atoms with Crippen molar-refractivity contribution in [3.8, 4) is 11.5 Å². The van der Waals surface area contributed by atoms with E-state index in [1.807, 2.05) is 0 Å². The number of aliphatic hydroxyl groups is 1. The van der Waals surface area contributed by atoms with Crippen LogP contribution < -0.4 is 21.7 Å². The number of amides is 4. The van der Waals surface area contributed by atoms with Crippen molar-refractivity contribution < 1.29 is 63.8 Å². The van der Waals surface area contributed by atoms with E-state index in [2.05, 4.69) is 16.0 Å². The number of thioether (sulfide) groups is 1. The molecule has 18 nitrogen and oxygen atoms in total. The normalized spacial score (nSPS) is 23.3. The maximum atomic E-state index is 13.4. The third-order valence-electron chi connectivity index (χ3n) is 7.24. The number of cyclic esters (lactones) is 1. The zero-order valence-electron chi connectivity index (χ0n) is 24.5. The summed E-state index contributed by atoms with van der Waals surface area (Å²) in [6.07, 6.45) is -2.13. The Hall–Kier alpha value is -4.62. The van der Waals surface area contributed by atoms with Crippen molar-refractivity contribution in [2.45, 2.75) is 68.3 Å². The van der Waals surface area contributed by atoms with Gasteiger partial charge in [0, 0.05) is 36.1 Å². The summed E-state index contributed by atoms with van der Waals surface area (Å²) in [5, 5.41) is 55.9. The molecule has 0 aromatic heterocycles. The number of esters is 1. The number of nitrogens with one attached hydrogen (secondary N) is 3. The largest absolute Gasteiger partial charge is 0.508 e. The minimum absolute atomic E-state index is 0.0285. The highest BCUT2D eigenvalue weighted by Crippen LogP contribution is 2.31. The summed E-state index contributed by atoms with van der Waals surface area (Å²) in [6, 6.07) is -5.33. The Morgan fingerprint density at radius 3 is 2.50 bits per heavy atom. The van der Waals surface area contributed by atoms with E-state index in [0.29, 0.717) is 0 Å². The predicted molar refractivity (Wildman–Crippen MR) is 156 cm³/mol. The molecule has 1 aromatic carbocycles. The first-order valence-electron chi connectivity index (χ1n) is 14.0. The van der Waals surface area contributed by atoms with E-state index in [0.717, 1.165) is 28.8 Å². The topological polar surface area (TPSA) is 295 Å². The highest BCUT2D eigenvalue weighted by Gasteiger charge is 2.43. The Balaban J connectivity index is 1.90. The second kappa shape index (κ2) is 15.6. The van der Waals surface area contributed by atoms with Gasteiger partial charge in [-0.3, -0.25) is 28.8 Å². The smallest absolute Gasteiger partial charge is 0.338 e. The molecule has 0 radical (unpaired) electrons. The molecule has 1 saturated heterocycles. The van der Waals surface area contributed by atoms with E-state index in [9.17, 15) is 54.0 Å². The fourth-order valence-corrected chi connectivity index (χ4v) is 5.81. The molecule has 0 unspecified atom stereocenters. The van der Waals surface area contributed by atoms with Gasteiger partial charge in [0.25, 0.3) is 0 Å². The molecule has 2 aliphatic rings. The number of hydrogen-bond acceptors (Lipinski definition) is 13. The van der Waals surface area contributed by atoms with Crippen LogP contribution in [0.4, 0.5) is 0 Å². The van der Waals surface area contributed by atoms with Crippen LogP contribution in [0.15, 0.2) is 12.1 Å². The number of phenolic OH excluding ortho intramolecular Hbond substituents is 2. The number of aliphatic hydroxyl groups excluding tert-OH is 1. The Morgan fingerprint density at radius 2 is 1.85 bits per heavy atom. The fourth-order valence-electron chi connectivity index (χ4n) is 4.72. The van der Waals surface area contributed by atoms with E-state index in [4.69, 9.17) is 15.6 Å². The summed E-state index contributed by atoms with van der Waals surface area (Å²) >= 11 is 0.969. The van der Waals surface area contributed by atoms with Gasteiger partial charge in [0.1, 0.15) is 42.3 Å². The van der Waals surface area contributed by atoms with Crippen LogP contribution in [0.2, 0.25) is 0 Å². The van der Waals surface area contributed by atoms with Crippen molar-refractivity contribution in [3.05, 3.63) is 23.3 Å². The molecule has 4 amide bonds. The molecule has 0 bridgehead atoms. The van der Waals surface area contributed by atoms with Gasteiger partial charge in [-0.25, -0.2) is 4.79 Å². The van der Waals surface area contributed by atoms with E-state index in [1.54, 1.807) is 0 Å². The summed E-state index contributed by atoms with van der Waals surface area (Å²) in [6.45, 7) is 0.227. The van der Waals surface area contributed by atoms with Gasteiger partial charge >= 0.3 is 17.9 Å². The molecular formula is C27H35N5O13S. The standard InChI is InChI=1S/C27H35N5O13S/c1-11(26(42)43)29-23(39)17-10-46-9-14-13(6-12(33)7-19(14)35)27(44)45-8-16(22(38)31-17)30-24(40)21-18(34)4-5-32(21)25(41)15(28)2-3-20(36)37/h6-7,11,15-18,21,33-35H,2-5,8-10,28H2,1H3,(H,29,39)(H,30,40)(H,31,38)(H,36,37)(H,42,43)/t11-,15-,16+,17-,18-,21-/m0/s1. The highest BCUT2D eigenvalue weighted by atomic mass is 32.2.